The number of hydrogen-bond donors (Lipinski definition) is 1. The van der Waals surface area contributed by atoms with Gasteiger partial charge in [0, 0.05) is 6.54 Å². The number of carbonyl (C=O) groups is 1. The van der Waals surface area contributed by atoms with Crippen LogP contribution in [0.1, 0.15) is 27.2 Å². The maximum absolute atomic E-state index is 11.2. The van der Waals surface area contributed by atoms with Crippen LogP contribution in [-0.4, -0.2) is 18.2 Å². The minimum Gasteiger partial charge on any atom is -0.444 e. The van der Waals surface area contributed by atoms with E-state index in [0.717, 1.165) is 6.42 Å². The quantitative estimate of drug-likeness (QED) is 0.705. The molecule has 0 aromatic heterocycles. The Morgan fingerprint density at radius 1 is 1.50 bits per heavy atom. The molecule has 0 rings (SSSR count). The number of nitrogens with one attached hydrogen (secondary N) is 1. The fourth-order valence-corrected chi connectivity index (χ4v) is 1.23. The maximum atomic E-state index is 11.2. The van der Waals surface area contributed by atoms with Crippen LogP contribution in [0, 0.1) is 0 Å². The molecule has 0 aliphatic heterocycles. The third-order valence-electron chi connectivity index (χ3n) is 1.15. The predicted molar refractivity (Wildman–Crippen MR) is 75.0 cm³/mol. The summed E-state index contributed by atoms with van der Waals surface area (Å²) in [4.78, 5) is 11.2. The van der Waals surface area contributed by atoms with Crippen LogP contribution >= 0.6 is 45.2 Å². The zero-order valence-electron chi connectivity index (χ0n) is 8.56. The molecule has 82 valence electrons. The van der Waals surface area contributed by atoms with Crippen molar-refractivity contribution in [2.45, 2.75) is 32.8 Å². The zero-order valence-corrected chi connectivity index (χ0v) is 12.9. The summed E-state index contributed by atoms with van der Waals surface area (Å²) in [5.41, 5.74) is -0.420. The molecule has 0 unspecified atom stereocenters. The second-order valence-electron chi connectivity index (χ2n) is 3.73. The minimum atomic E-state index is -0.420. The molecule has 0 aromatic rings. The van der Waals surface area contributed by atoms with Gasteiger partial charge in [-0.2, -0.15) is 0 Å². The number of carbonyl (C=O) groups excluding carboxylic acids is 1. The average Bonchev–Trinajstić information content (AvgIpc) is 2.00. The molecule has 14 heavy (non-hydrogen) atoms. The molecule has 0 spiro atoms. The number of halogens is 2. The molecule has 0 atom stereocenters. The lowest BCUT2D eigenvalue weighted by atomic mass is 10.2. The van der Waals surface area contributed by atoms with Crippen molar-refractivity contribution in [3.8, 4) is 0 Å². The maximum Gasteiger partial charge on any atom is 0.407 e. The summed E-state index contributed by atoms with van der Waals surface area (Å²) in [5, 5.41) is 2.69. The van der Waals surface area contributed by atoms with E-state index in [4.69, 9.17) is 4.74 Å². The van der Waals surface area contributed by atoms with Crippen molar-refractivity contribution in [2.75, 3.05) is 6.54 Å². The van der Waals surface area contributed by atoms with E-state index in [0.29, 0.717) is 6.54 Å². The van der Waals surface area contributed by atoms with Crippen molar-refractivity contribution >= 4 is 51.3 Å². The Bertz CT molecular complexity index is 221. The smallest absolute Gasteiger partial charge is 0.407 e. The van der Waals surface area contributed by atoms with E-state index < -0.39 is 5.60 Å². The molecule has 0 fully saturated rings. The number of hydrogen-bond acceptors (Lipinski definition) is 2. The van der Waals surface area contributed by atoms with Gasteiger partial charge in [-0.15, -0.1) is 0 Å². The summed E-state index contributed by atoms with van der Waals surface area (Å²) in [5.74, 6) is 0. The lowest BCUT2D eigenvalue weighted by Crippen LogP contribution is -2.32. The summed E-state index contributed by atoms with van der Waals surface area (Å²) in [6.07, 6.45) is 0.498. The predicted octanol–water partition coefficient (Wildman–Crippen LogP) is 3.61. The molecular weight excluding hydrogens is 408 g/mol. The van der Waals surface area contributed by atoms with Gasteiger partial charge in [-0.1, -0.05) is 22.6 Å². The van der Waals surface area contributed by atoms with E-state index in [1.54, 1.807) is 0 Å². The van der Waals surface area contributed by atoms with E-state index >= 15 is 0 Å². The van der Waals surface area contributed by atoms with Gasteiger partial charge in [0.25, 0.3) is 0 Å². The first-order chi connectivity index (χ1) is 6.35. The Kier molecular flexibility index (Phi) is 7.09. The second kappa shape index (κ2) is 6.86. The lowest BCUT2D eigenvalue weighted by Gasteiger charge is -2.19. The first-order valence-corrected chi connectivity index (χ1v) is 6.59. The van der Waals surface area contributed by atoms with Gasteiger partial charge in [0.1, 0.15) is 5.60 Å². The molecule has 0 bridgehead atoms. The van der Waals surface area contributed by atoms with Gasteiger partial charge in [-0.3, -0.25) is 0 Å². The Balaban J connectivity index is 3.66. The molecule has 0 aliphatic rings. The lowest BCUT2D eigenvalue weighted by molar-refractivity contribution is 0.0529. The van der Waals surface area contributed by atoms with E-state index in [1.807, 2.05) is 24.9 Å². The normalized spacial score (nSPS) is 12.5. The Hall–Kier alpha value is 0.470. The molecule has 0 aliphatic carbocycles. The Morgan fingerprint density at radius 3 is 2.50 bits per heavy atom. The summed E-state index contributed by atoms with van der Waals surface area (Å²) in [7, 11) is 0. The number of rotatable bonds is 3. The van der Waals surface area contributed by atoms with Crippen molar-refractivity contribution in [1.29, 1.82) is 0 Å². The first-order valence-electron chi connectivity index (χ1n) is 4.27. The van der Waals surface area contributed by atoms with Crippen molar-refractivity contribution in [3.05, 3.63) is 7.66 Å². The van der Waals surface area contributed by atoms with Crippen LogP contribution in [0.25, 0.3) is 0 Å². The van der Waals surface area contributed by atoms with Gasteiger partial charge in [-0.25, -0.2) is 4.79 Å². The summed E-state index contributed by atoms with van der Waals surface area (Å²) >= 11 is 4.42. The fraction of sp³-hybridized carbons (Fsp3) is 0.667. The van der Waals surface area contributed by atoms with Crippen molar-refractivity contribution in [2.24, 2.45) is 0 Å². The number of amides is 1. The van der Waals surface area contributed by atoms with Gasteiger partial charge >= 0.3 is 6.09 Å². The monoisotopic (exact) mass is 423 g/mol. The molecule has 3 nitrogen and oxygen atoms in total. The molecule has 0 saturated heterocycles. The van der Waals surface area contributed by atoms with Crippen LogP contribution in [0.4, 0.5) is 4.79 Å². The highest BCUT2D eigenvalue weighted by Gasteiger charge is 2.15. The third kappa shape index (κ3) is 9.04. The van der Waals surface area contributed by atoms with Gasteiger partial charge in [-0.05, 0) is 57.4 Å². The molecule has 0 aromatic carbocycles. The zero-order chi connectivity index (χ0) is 11.2. The summed E-state index contributed by atoms with van der Waals surface area (Å²) in [6.45, 7) is 6.16. The highest BCUT2D eigenvalue weighted by Crippen LogP contribution is 2.12. The highest BCUT2D eigenvalue weighted by atomic mass is 127. The first kappa shape index (κ1) is 14.5. The summed E-state index contributed by atoms with van der Waals surface area (Å²) < 4.78 is 8.30. The van der Waals surface area contributed by atoms with Crippen molar-refractivity contribution in [3.63, 3.8) is 0 Å². The molecule has 1 N–H and O–H groups in total. The van der Waals surface area contributed by atoms with Gasteiger partial charge in [0.15, 0.2) is 0 Å². The average molecular weight is 423 g/mol. The SMILES string of the molecule is CC(C)(C)OC(=O)NCC/C(I)=C\I. The van der Waals surface area contributed by atoms with Gasteiger partial charge in [0.05, 0.1) is 0 Å². The highest BCUT2D eigenvalue weighted by molar-refractivity contribution is 14.1. The second-order valence-corrected chi connectivity index (χ2v) is 5.74. The molecule has 0 heterocycles. The van der Waals surface area contributed by atoms with Crippen LogP contribution in [0.2, 0.25) is 0 Å². The van der Waals surface area contributed by atoms with E-state index in [9.17, 15) is 4.79 Å². The summed E-state index contributed by atoms with van der Waals surface area (Å²) in [6, 6.07) is 0. The third-order valence-corrected chi connectivity index (χ3v) is 3.94. The van der Waals surface area contributed by atoms with E-state index in [1.165, 1.54) is 3.58 Å². The molecular formula is C9H15I2NO2. The topological polar surface area (TPSA) is 38.3 Å². The van der Waals surface area contributed by atoms with Gasteiger partial charge < -0.3 is 10.1 Å². The fourth-order valence-electron chi connectivity index (χ4n) is 0.653. The molecule has 0 saturated carbocycles. The van der Waals surface area contributed by atoms with Crippen LogP contribution in [-0.2, 0) is 4.74 Å². The van der Waals surface area contributed by atoms with Crippen molar-refractivity contribution in [1.82, 2.24) is 5.32 Å². The minimum absolute atomic E-state index is 0.352. The number of ether oxygens (including phenoxy) is 1. The number of alkyl carbamates (subject to hydrolysis) is 1. The Morgan fingerprint density at radius 2 is 2.07 bits per heavy atom. The van der Waals surface area contributed by atoms with Gasteiger partial charge in [0.2, 0.25) is 0 Å². The molecule has 5 heteroatoms. The standard InChI is InChI=1S/C9H15I2NO2/c1-9(2,3)14-8(13)12-5-4-7(11)6-10/h6H,4-5H2,1-3H3,(H,12,13)/b7-6+. The largest absolute Gasteiger partial charge is 0.444 e. The van der Waals surface area contributed by atoms with Crippen LogP contribution in [0.5, 0.6) is 0 Å². The van der Waals surface area contributed by atoms with Crippen LogP contribution in [0.15, 0.2) is 7.66 Å². The Labute approximate surface area is 112 Å². The van der Waals surface area contributed by atoms with Crippen LogP contribution in [0.3, 0.4) is 0 Å². The van der Waals surface area contributed by atoms with E-state index in [-0.39, 0.29) is 6.09 Å². The van der Waals surface area contributed by atoms with Crippen molar-refractivity contribution < 1.29 is 9.53 Å². The molecule has 1 amide bonds. The molecule has 0 radical (unpaired) electrons. The van der Waals surface area contributed by atoms with E-state index in [2.05, 4.69) is 50.5 Å². The van der Waals surface area contributed by atoms with Crippen LogP contribution < -0.4 is 5.32 Å².